The molecule has 0 aliphatic rings. The number of rotatable bonds is 3. The zero-order valence-electron chi connectivity index (χ0n) is 5.48. The van der Waals surface area contributed by atoms with E-state index in [9.17, 15) is 4.79 Å². The van der Waals surface area contributed by atoms with Crippen LogP contribution in [0.4, 0.5) is 0 Å². The topological polar surface area (TPSA) is 77.8 Å². The van der Waals surface area contributed by atoms with Gasteiger partial charge in [0.25, 0.3) is 0 Å². The van der Waals surface area contributed by atoms with E-state index in [0.29, 0.717) is 0 Å². The summed E-state index contributed by atoms with van der Waals surface area (Å²) in [6, 6.07) is 0. The normalized spacial score (nSPS) is 10.3. The van der Waals surface area contributed by atoms with E-state index in [0.717, 1.165) is 0 Å². The van der Waals surface area contributed by atoms with Gasteiger partial charge in [-0.3, -0.25) is 4.79 Å². The van der Waals surface area contributed by atoms with E-state index in [-0.39, 0.29) is 16.5 Å². The van der Waals surface area contributed by atoms with Crippen LogP contribution in [-0.2, 0) is 21.3 Å². The van der Waals surface area contributed by atoms with E-state index in [2.05, 4.69) is 0 Å². The predicted molar refractivity (Wildman–Crippen MR) is 29.9 cm³/mol. The monoisotopic (exact) mass is 192 g/mol. The third-order valence-corrected chi connectivity index (χ3v) is 1.21. The first-order valence-corrected chi connectivity index (χ1v) is 2.52. The van der Waals surface area contributed by atoms with Gasteiger partial charge in [-0.15, -0.1) is 0 Å². The molecule has 0 spiro atoms. The van der Waals surface area contributed by atoms with E-state index in [1.165, 1.54) is 6.92 Å². The van der Waals surface area contributed by atoms with E-state index in [1.54, 1.807) is 0 Å². The Labute approximate surface area is 68.8 Å². The predicted octanol–water partition coefficient (Wildman–Crippen LogP) is -0.941. The molecule has 0 heterocycles. The summed E-state index contributed by atoms with van der Waals surface area (Å²) >= 11 is 0. The van der Waals surface area contributed by atoms with Gasteiger partial charge >= 0.3 is 5.97 Å². The molecule has 0 aromatic carbocycles. The van der Waals surface area contributed by atoms with E-state index < -0.39 is 24.6 Å². The second kappa shape index (κ2) is 4.66. The molecule has 0 bridgehead atoms. The maximum Gasteiger partial charge on any atom is 0.314 e. The SMILES string of the molecule is CC(CO)(CO)C(=O)O.[Ni]. The van der Waals surface area contributed by atoms with Gasteiger partial charge in [-0.2, -0.15) is 0 Å². The number of aliphatic hydroxyl groups is 2. The fourth-order valence-corrected chi connectivity index (χ4v) is 0.185. The molecular weight excluding hydrogens is 183 g/mol. The van der Waals surface area contributed by atoms with Gasteiger partial charge < -0.3 is 15.3 Å². The fourth-order valence-electron chi connectivity index (χ4n) is 0.185. The van der Waals surface area contributed by atoms with Gasteiger partial charge in [0.1, 0.15) is 5.41 Å². The molecule has 0 radical (unpaired) electrons. The van der Waals surface area contributed by atoms with Crippen molar-refractivity contribution in [3.8, 4) is 0 Å². The van der Waals surface area contributed by atoms with Crippen LogP contribution in [0, 0.1) is 5.41 Å². The molecule has 0 unspecified atom stereocenters. The van der Waals surface area contributed by atoms with Crippen LogP contribution in [0.15, 0.2) is 0 Å². The van der Waals surface area contributed by atoms with Crippen molar-refractivity contribution < 1.29 is 36.6 Å². The summed E-state index contributed by atoms with van der Waals surface area (Å²) in [5.41, 5.74) is -1.39. The standard InChI is InChI=1S/C5H10O4.Ni/c1-5(2-6,3-7)4(8)9;/h6-7H,2-3H2,1H3,(H,8,9);. The third-order valence-electron chi connectivity index (χ3n) is 1.21. The van der Waals surface area contributed by atoms with Crippen LogP contribution >= 0.6 is 0 Å². The van der Waals surface area contributed by atoms with Crippen molar-refractivity contribution in [1.82, 2.24) is 0 Å². The molecule has 64 valence electrons. The van der Waals surface area contributed by atoms with Crippen LogP contribution < -0.4 is 0 Å². The molecule has 0 aliphatic carbocycles. The van der Waals surface area contributed by atoms with E-state index in [1.807, 2.05) is 0 Å². The number of hydrogen-bond acceptors (Lipinski definition) is 3. The number of aliphatic carboxylic acids is 1. The molecule has 0 aliphatic heterocycles. The number of carboxylic acid groups (broad SMARTS) is 1. The number of hydrogen-bond donors (Lipinski definition) is 3. The molecule has 0 saturated heterocycles. The van der Waals surface area contributed by atoms with Crippen LogP contribution in [0.1, 0.15) is 6.92 Å². The summed E-state index contributed by atoms with van der Waals surface area (Å²) in [5, 5.41) is 25.1. The van der Waals surface area contributed by atoms with Gasteiger partial charge in [0.2, 0.25) is 0 Å². The summed E-state index contributed by atoms with van der Waals surface area (Å²) < 4.78 is 0. The molecule has 3 N–H and O–H groups in total. The van der Waals surface area contributed by atoms with Crippen LogP contribution in [0.2, 0.25) is 0 Å². The minimum absolute atomic E-state index is 0. The van der Waals surface area contributed by atoms with Crippen molar-refractivity contribution in [2.45, 2.75) is 6.92 Å². The van der Waals surface area contributed by atoms with Crippen molar-refractivity contribution in [1.29, 1.82) is 0 Å². The summed E-state index contributed by atoms with van der Waals surface area (Å²) in [6.45, 7) is 0.187. The average Bonchev–Trinajstić information content (AvgIpc) is 1.86. The first-order chi connectivity index (χ1) is 4.06. The van der Waals surface area contributed by atoms with Gasteiger partial charge in [-0.25, -0.2) is 0 Å². The zero-order chi connectivity index (χ0) is 7.49. The van der Waals surface area contributed by atoms with Gasteiger partial charge in [-0.05, 0) is 6.92 Å². The van der Waals surface area contributed by atoms with Gasteiger partial charge in [-0.1, -0.05) is 0 Å². The van der Waals surface area contributed by atoms with Crippen LogP contribution in [0.25, 0.3) is 0 Å². The van der Waals surface area contributed by atoms with Crippen molar-refractivity contribution in [2.24, 2.45) is 5.41 Å². The van der Waals surface area contributed by atoms with Crippen LogP contribution in [0.3, 0.4) is 0 Å². The molecule has 4 nitrogen and oxygen atoms in total. The molecular formula is C5H10NiO4. The van der Waals surface area contributed by atoms with E-state index >= 15 is 0 Å². The molecule has 0 rings (SSSR count). The Morgan fingerprint density at radius 3 is 1.70 bits per heavy atom. The zero-order valence-corrected chi connectivity index (χ0v) is 6.47. The molecule has 0 atom stereocenters. The second-order valence-corrected chi connectivity index (χ2v) is 2.18. The van der Waals surface area contributed by atoms with Crippen molar-refractivity contribution in [3.05, 3.63) is 0 Å². The number of carboxylic acids is 1. The molecule has 0 saturated carbocycles. The summed E-state index contributed by atoms with van der Waals surface area (Å²) in [6.07, 6.45) is 0. The van der Waals surface area contributed by atoms with Crippen molar-refractivity contribution in [2.75, 3.05) is 13.2 Å². The van der Waals surface area contributed by atoms with Crippen molar-refractivity contribution in [3.63, 3.8) is 0 Å². The summed E-state index contributed by atoms with van der Waals surface area (Å²) in [4.78, 5) is 10.2. The van der Waals surface area contributed by atoms with Gasteiger partial charge in [0.15, 0.2) is 0 Å². The minimum atomic E-state index is -1.39. The Morgan fingerprint density at radius 2 is 1.70 bits per heavy atom. The smallest absolute Gasteiger partial charge is 0.314 e. The Balaban J connectivity index is 0. The first kappa shape index (κ1) is 12.5. The van der Waals surface area contributed by atoms with Gasteiger partial charge in [0, 0.05) is 16.5 Å². The maximum absolute atomic E-state index is 10.2. The number of aliphatic hydroxyl groups excluding tert-OH is 2. The average molecular weight is 193 g/mol. The second-order valence-electron chi connectivity index (χ2n) is 2.18. The number of carbonyl (C=O) groups is 1. The minimum Gasteiger partial charge on any atom is -0.481 e. The Morgan fingerprint density at radius 1 is 1.40 bits per heavy atom. The Hall–Kier alpha value is -0.116. The fraction of sp³-hybridized carbons (Fsp3) is 0.800. The molecule has 0 aromatic rings. The Bertz CT molecular complexity index is 110. The molecule has 10 heavy (non-hydrogen) atoms. The van der Waals surface area contributed by atoms with Crippen molar-refractivity contribution >= 4 is 5.97 Å². The van der Waals surface area contributed by atoms with Gasteiger partial charge in [0.05, 0.1) is 13.2 Å². The van der Waals surface area contributed by atoms with Crippen LogP contribution in [-0.4, -0.2) is 34.5 Å². The summed E-state index contributed by atoms with van der Waals surface area (Å²) in [5.74, 6) is -1.19. The molecule has 0 fully saturated rings. The first-order valence-electron chi connectivity index (χ1n) is 2.52. The quantitative estimate of drug-likeness (QED) is 0.505. The summed E-state index contributed by atoms with van der Waals surface area (Å²) in [7, 11) is 0. The molecule has 0 amide bonds. The van der Waals surface area contributed by atoms with Crippen LogP contribution in [0.5, 0.6) is 0 Å². The molecule has 5 heteroatoms. The largest absolute Gasteiger partial charge is 0.481 e. The maximum atomic E-state index is 10.2. The third kappa shape index (κ3) is 2.65. The van der Waals surface area contributed by atoms with E-state index in [4.69, 9.17) is 15.3 Å². The molecule has 0 aromatic heterocycles. The Kier molecular flexibility index (Phi) is 5.85.